The largest absolute Gasteiger partial charge is 0.464 e. The summed E-state index contributed by atoms with van der Waals surface area (Å²) in [5.74, 6) is -0.355. The van der Waals surface area contributed by atoms with Crippen molar-refractivity contribution >= 4 is 17.1 Å². The minimum absolute atomic E-state index is 0.203. The number of carbonyl (C=O) groups is 1. The highest BCUT2D eigenvalue weighted by Gasteiger charge is 2.27. The van der Waals surface area contributed by atoms with Gasteiger partial charge in [0, 0.05) is 12.1 Å². The molecule has 1 saturated heterocycles. The predicted molar refractivity (Wildman–Crippen MR) is 55.3 cm³/mol. The predicted octanol–water partition coefficient (Wildman–Crippen LogP) is 1.42. The van der Waals surface area contributed by atoms with Gasteiger partial charge in [-0.1, -0.05) is 0 Å². The highest BCUT2D eigenvalue weighted by molar-refractivity contribution is 5.93. The van der Waals surface area contributed by atoms with Crippen LogP contribution in [0, 0.1) is 0 Å². The molecule has 1 atom stereocenters. The molecule has 1 aliphatic rings. The Kier molecular flexibility index (Phi) is 2.00. The molecule has 0 N–H and O–H groups in total. The van der Waals surface area contributed by atoms with Crippen LogP contribution in [0.4, 0.5) is 0 Å². The summed E-state index contributed by atoms with van der Waals surface area (Å²) in [6, 6.07) is 3.54. The molecule has 84 valence electrons. The van der Waals surface area contributed by atoms with Gasteiger partial charge in [-0.05, 0) is 0 Å². The first-order chi connectivity index (χ1) is 7.79. The second-order valence-electron chi connectivity index (χ2n) is 3.76. The van der Waals surface area contributed by atoms with Gasteiger partial charge in [0.15, 0.2) is 5.58 Å². The van der Waals surface area contributed by atoms with Crippen LogP contribution in [0.2, 0.25) is 0 Å². The number of hydrogen-bond donors (Lipinski definition) is 0. The smallest absolute Gasteiger partial charge is 0.354 e. The van der Waals surface area contributed by atoms with Crippen LogP contribution in [0.1, 0.15) is 10.5 Å². The molecule has 0 aromatic carbocycles. The van der Waals surface area contributed by atoms with Gasteiger partial charge in [-0.3, -0.25) is 0 Å². The molecule has 0 saturated carbocycles. The summed E-state index contributed by atoms with van der Waals surface area (Å²) in [7, 11) is 1.37. The highest BCUT2D eigenvalue weighted by atomic mass is 16.6. The first-order valence-electron chi connectivity index (χ1n) is 5.06. The lowest BCUT2D eigenvalue weighted by Gasteiger charge is -2.05. The molecule has 5 nitrogen and oxygen atoms in total. The van der Waals surface area contributed by atoms with Crippen molar-refractivity contribution in [3.63, 3.8) is 0 Å². The molecule has 16 heavy (non-hydrogen) atoms. The van der Waals surface area contributed by atoms with Crippen LogP contribution < -0.4 is 0 Å². The van der Waals surface area contributed by atoms with Crippen LogP contribution >= 0.6 is 0 Å². The van der Waals surface area contributed by atoms with Crippen molar-refractivity contribution in [2.45, 2.75) is 12.6 Å². The maximum absolute atomic E-state index is 11.6. The van der Waals surface area contributed by atoms with Crippen LogP contribution in [-0.4, -0.2) is 30.4 Å². The number of ether oxygens (including phenoxy) is 2. The van der Waals surface area contributed by atoms with E-state index >= 15 is 0 Å². The zero-order valence-corrected chi connectivity index (χ0v) is 8.80. The first-order valence-corrected chi connectivity index (χ1v) is 5.06. The zero-order valence-electron chi connectivity index (χ0n) is 8.80. The second-order valence-corrected chi connectivity index (χ2v) is 3.76. The maximum atomic E-state index is 11.6. The van der Waals surface area contributed by atoms with E-state index in [2.05, 4.69) is 0 Å². The van der Waals surface area contributed by atoms with E-state index in [1.165, 1.54) is 7.11 Å². The van der Waals surface area contributed by atoms with E-state index in [4.69, 9.17) is 13.9 Å². The Bertz CT molecular complexity index is 535. The lowest BCUT2D eigenvalue weighted by molar-refractivity contribution is 0.0588. The molecule has 3 rings (SSSR count). The molecule has 3 heterocycles. The Morgan fingerprint density at radius 2 is 2.50 bits per heavy atom. The molecule has 1 fully saturated rings. The van der Waals surface area contributed by atoms with Gasteiger partial charge in [0.25, 0.3) is 0 Å². The quantitative estimate of drug-likeness (QED) is 0.581. The molecule has 1 aliphatic heterocycles. The number of esters is 1. The molecule has 2 aromatic rings. The first kappa shape index (κ1) is 9.47. The maximum Gasteiger partial charge on any atom is 0.354 e. The summed E-state index contributed by atoms with van der Waals surface area (Å²) in [5.41, 5.74) is 2.10. The molecule has 0 radical (unpaired) electrons. The lowest BCUT2D eigenvalue weighted by atomic mass is 10.4. The SMILES string of the molecule is COC(=O)c1cc2occc2n1C[C@@H]1CO1. The average molecular weight is 221 g/mol. The van der Waals surface area contributed by atoms with Gasteiger partial charge in [0.2, 0.25) is 0 Å². The molecular formula is C11H11NO4. The number of rotatable bonds is 3. The second kappa shape index (κ2) is 3.38. The van der Waals surface area contributed by atoms with Crippen molar-refractivity contribution < 1.29 is 18.7 Å². The van der Waals surface area contributed by atoms with Crippen molar-refractivity contribution in [3.05, 3.63) is 24.1 Å². The van der Waals surface area contributed by atoms with Crippen molar-refractivity contribution in [1.29, 1.82) is 0 Å². The van der Waals surface area contributed by atoms with E-state index in [0.29, 0.717) is 17.8 Å². The number of epoxide rings is 1. The fourth-order valence-corrected chi connectivity index (χ4v) is 1.82. The van der Waals surface area contributed by atoms with Gasteiger partial charge in [0.05, 0.1) is 38.1 Å². The minimum Gasteiger partial charge on any atom is -0.464 e. The van der Waals surface area contributed by atoms with Crippen molar-refractivity contribution in [2.24, 2.45) is 0 Å². The van der Waals surface area contributed by atoms with Gasteiger partial charge in [-0.2, -0.15) is 0 Å². The van der Waals surface area contributed by atoms with E-state index in [0.717, 1.165) is 12.1 Å². The van der Waals surface area contributed by atoms with Crippen molar-refractivity contribution in [1.82, 2.24) is 4.57 Å². The van der Waals surface area contributed by atoms with E-state index in [1.807, 2.05) is 10.6 Å². The number of carbonyl (C=O) groups excluding carboxylic acids is 1. The molecule has 0 amide bonds. The summed E-state index contributed by atoms with van der Waals surface area (Å²) in [6.45, 7) is 1.41. The fourth-order valence-electron chi connectivity index (χ4n) is 1.82. The summed E-state index contributed by atoms with van der Waals surface area (Å²) in [4.78, 5) is 11.6. The Hall–Kier alpha value is -1.75. The van der Waals surface area contributed by atoms with Gasteiger partial charge >= 0.3 is 5.97 Å². The van der Waals surface area contributed by atoms with Crippen LogP contribution in [0.25, 0.3) is 11.1 Å². The molecule has 2 aromatic heterocycles. The Balaban J connectivity index is 2.09. The number of aromatic nitrogens is 1. The Labute approximate surface area is 91.5 Å². The highest BCUT2D eigenvalue weighted by Crippen LogP contribution is 2.24. The molecule has 0 unspecified atom stereocenters. The summed E-state index contributed by atoms with van der Waals surface area (Å²) in [5, 5.41) is 0. The number of nitrogens with zero attached hydrogens (tertiary/aromatic N) is 1. The third-order valence-electron chi connectivity index (χ3n) is 2.71. The van der Waals surface area contributed by atoms with Crippen molar-refractivity contribution in [3.8, 4) is 0 Å². The van der Waals surface area contributed by atoms with Crippen LogP contribution in [-0.2, 0) is 16.0 Å². The molecule has 0 aliphatic carbocycles. The number of fused-ring (bicyclic) bond motifs is 1. The van der Waals surface area contributed by atoms with Crippen LogP contribution in [0.15, 0.2) is 22.8 Å². The summed E-state index contributed by atoms with van der Waals surface area (Å²) >= 11 is 0. The van der Waals surface area contributed by atoms with E-state index < -0.39 is 0 Å². The fraction of sp³-hybridized carbons (Fsp3) is 0.364. The number of furan rings is 1. The van der Waals surface area contributed by atoms with E-state index in [9.17, 15) is 4.79 Å². The van der Waals surface area contributed by atoms with Gasteiger partial charge in [0.1, 0.15) is 5.69 Å². The summed E-state index contributed by atoms with van der Waals surface area (Å²) < 4.78 is 17.1. The zero-order chi connectivity index (χ0) is 11.1. The monoisotopic (exact) mass is 221 g/mol. The Morgan fingerprint density at radius 3 is 3.19 bits per heavy atom. The number of hydrogen-bond acceptors (Lipinski definition) is 4. The van der Waals surface area contributed by atoms with Crippen LogP contribution in [0.3, 0.4) is 0 Å². The third-order valence-corrected chi connectivity index (χ3v) is 2.71. The third kappa shape index (κ3) is 1.40. The van der Waals surface area contributed by atoms with E-state index in [1.54, 1.807) is 12.3 Å². The average Bonchev–Trinajstić information content (AvgIpc) is 2.87. The van der Waals surface area contributed by atoms with Crippen molar-refractivity contribution in [2.75, 3.05) is 13.7 Å². The normalized spacial score (nSPS) is 18.9. The van der Waals surface area contributed by atoms with Gasteiger partial charge in [-0.25, -0.2) is 4.79 Å². The topological polar surface area (TPSA) is 56.9 Å². The lowest BCUT2D eigenvalue weighted by Crippen LogP contribution is -2.13. The molecular weight excluding hydrogens is 210 g/mol. The van der Waals surface area contributed by atoms with Crippen LogP contribution in [0.5, 0.6) is 0 Å². The molecule has 0 spiro atoms. The molecule has 5 heteroatoms. The standard InChI is InChI=1S/C11H11NO4/c1-14-11(13)9-4-10-8(2-3-15-10)12(9)5-7-6-16-7/h2-4,7H,5-6H2,1H3/t7-/m1/s1. The van der Waals surface area contributed by atoms with E-state index in [-0.39, 0.29) is 12.1 Å². The molecule has 0 bridgehead atoms. The van der Waals surface area contributed by atoms with Gasteiger partial charge in [-0.15, -0.1) is 0 Å². The number of methoxy groups -OCH3 is 1. The Morgan fingerprint density at radius 1 is 1.69 bits per heavy atom. The summed E-state index contributed by atoms with van der Waals surface area (Å²) in [6.07, 6.45) is 1.81. The van der Waals surface area contributed by atoms with Gasteiger partial charge < -0.3 is 18.5 Å². The minimum atomic E-state index is -0.355.